The molecule has 0 N–H and O–H groups in total. The summed E-state index contributed by atoms with van der Waals surface area (Å²) in [5, 5.41) is 9.36. The molecule has 1 atom stereocenters. The van der Waals surface area contributed by atoms with Gasteiger partial charge in [-0.3, -0.25) is 9.69 Å². The van der Waals surface area contributed by atoms with Crippen molar-refractivity contribution in [3.63, 3.8) is 0 Å². The van der Waals surface area contributed by atoms with Crippen molar-refractivity contribution in [2.24, 2.45) is 0 Å². The first-order valence-electron chi connectivity index (χ1n) is 11.4. The molecule has 0 saturated carbocycles. The highest BCUT2D eigenvalue weighted by atomic mass is 32.2. The van der Waals surface area contributed by atoms with Gasteiger partial charge in [0.05, 0.1) is 12.4 Å². The summed E-state index contributed by atoms with van der Waals surface area (Å²) in [6.07, 6.45) is 0. The second kappa shape index (κ2) is 10.9. The molecule has 1 fully saturated rings. The minimum atomic E-state index is -0.219. The largest absolute Gasteiger partial charge is 0.497 e. The molecule has 2 aromatic carbocycles. The van der Waals surface area contributed by atoms with Gasteiger partial charge >= 0.3 is 0 Å². The molecule has 33 heavy (non-hydrogen) atoms. The molecule has 1 aliphatic heterocycles. The van der Waals surface area contributed by atoms with Crippen LogP contribution in [-0.2, 0) is 17.9 Å². The van der Waals surface area contributed by atoms with Gasteiger partial charge in [-0.05, 0) is 43.7 Å². The molecule has 0 bridgehead atoms. The number of hydrogen-bond acceptors (Lipinski definition) is 6. The molecule has 1 aromatic heterocycles. The molecule has 4 rings (SSSR count). The van der Waals surface area contributed by atoms with E-state index in [0.29, 0.717) is 0 Å². The van der Waals surface area contributed by atoms with Gasteiger partial charge in [0.15, 0.2) is 11.0 Å². The maximum absolute atomic E-state index is 13.1. The molecule has 1 saturated heterocycles. The summed E-state index contributed by atoms with van der Waals surface area (Å²) in [5.41, 5.74) is 2.29. The van der Waals surface area contributed by atoms with Crippen LogP contribution in [0.2, 0.25) is 0 Å². The van der Waals surface area contributed by atoms with Crippen LogP contribution in [0.25, 0.3) is 11.4 Å². The smallest absolute Gasteiger partial charge is 0.235 e. The van der Waals surface area contributed by atoms with Crippen LogP contribution in [-0.4, -0.2) is 69.0 Å². The molecule has 8 heteroatoms. The number of piperazine rings is 1. The Labute approximate surface area is 199 Å². The SMILES string of the molecule is CCn1c(S[C@@H](C)C(=O)N2CCN(Cc3ccccc3)CC2)nnc1-c1ccc(OC)cc1. The zero-order valence-electron chi connectivity index (χ0n) is 19.5. The van der Waals surface area contributed by atoms with Crippen molar-refractivity contribution in [1.82, 2.24) is 24.6 Å². The van der Waals surface area contributed by atoms with E-state index in [4.69, 9.17) is 4.74 Å². The van der Waals surface area contributed by atoms with E-state index in [2.05, 4.69) is 50.9 Å². The van der Waals surface area contributed by atoms with Crippen LogP contribution < -0.4 is 4.74 Å². The van der Waals surface area contributed by atoms with Crippen molar-refractivity contribution in [2.45, 2.75) is 37.3 Å². The van der Waals surface area contributed by atoms with Crippen LogP contribution in [0.15, 0.2) is 59.8 Å². The second-order valence-corrected chi connectivity index (χ2v) is 9.43. The summed E-state index contributed by atoms with van der Waals surface area (Å²) >= 11 is 1.48. The number of amides is 1. The number of carbonyl (C=O) groups excluding carboxylic acids is 1. The molecule has 0 aliphatic carbocycles. The third-order valence-corrected chi connectivity index (χ3v) is 7.01. The standard InChI is InChI=1S/C25H31N5O2S/c1-4-30-23(21-10-12-22(32-3)13-11-21)26-27-25(30)33-19(2)24(31)29-16-14-28(15-17-29)18-20-8-6-5-7-9-20/h5-13,19H,4,14-18H2,1-3H3/t19-/m0/s1. The molecule has 7 nitrogen and oxygen atoms in total. The van der Waals surface area contributed by atoms with Crippen LogP contribution in [0.5, 0.6) is 5.75 Å². The Morgan fingerprint density at radius 3 is 2.36 bits per heavy atom. The quantitative estimate of drug-likeness (QED) is 0.472. The van der Waals surface area contributed by atoms with Crippen molar-refractivity contribution in [3.8, 4) is 17.1 Å². The lowest BCUT2D eigenvalue weighted by Gasteiger charge is -2.35. The van der Waals surface area contributed by atoms with Crippen LogP contribution in [0.1, 0.15) is 19.4 Å². The van der Waals surface area contributed by atoms with E-state index in [0.717, 1.165) is 61.6 Å². The highest BCUT2D eigenvalue weighted by molar-refractivity contribution is 8.00. The fraction of sp³-hybridized carbons (Fsp3) is 0.400. The minimum Gasteiger partial charge on any atom is -0.497 e. The van der Waals surface area contributed by atoms with Gasteiger partial charge in [-0.25, -0.2) is 0 Å². The third-order valence-electron chi connectivity index (χ3n) is 5.94. The summed E-state index contributed by atoms with van der Waals surface area (Å²) < 4.78 is 7.31. The predicted molar refractivity (Wildman–Crippen MR) is 131 cm³/mol. The molecular formula is C25H31N5O2S. The monoisotopic (exact) mass is 465 g/mol. The topological polar surface area (TPSA) is 63.5 Å². The van der Waals surface area contributed by atoms with Gasteiger partial charge in [-0.15, -0.1) is 10.2 Å². The van der Waals surface area contributed by atoms with Gasteiger partial charge in [-0.2, -0.15) is 0 Å². The molecular weight excluding hydrogens is 434 g/mol. The highest BCUT2D eigenvalue weighted by Crippen LogP contribution is 2.28. The van der Waals surface area contributed by atoms with Crippen molar-refractivity contribution in [2.75, 3.05) is 33.3 Å². The maximum atomic E-state index is 13.1. The Hall–Kier alpha value is -2.84. The normalized spacial score (nSPS) is 15.4. The van der Waals surface area contributed by atoms with E-state index in [-0.39, 0.29) is 11.2 Å². The van der Waals surface area contributed by atoms with Gasteiger partial charge in [-0.1, -0.05) is 42.1 Å². The van der Waals surface area contributed by atoms with E-state index in [1.165, 1.54) is 17.3 Å². The summed E-state index contributed by atoms with van der Waals surface area (Å²) in [6, 6.07) is 18.3. The fourth-order valence-electron chi connectivity index (χ4n) is 4.05. The van der Waals surface area contributed by atoms with Gasteiger partial charge in [0.25, 0.3) is 0 Å². The number of benzene rings is 2. The molecule has 3 aromatic rings. The zero-order chi connectivity index (χ0) is 23.2. The first-order chi connectivity index (χ1) is 16.1. The Kier molecular flexibility index (Phi) is 7.67. The van der Waals surface area contributed by atoms with Crippen LogP contribution in [0.4, 0.5) is 0 Å². The summed E-state index contributed by atoms with van der Waals surface area (Å²) in [7, 11) is 1.65. The number of hydrogen-bond donors (Lipinski definition) is 0. The van der Waals surface area contributed by atoms with Gasteiger partial charge < -0.3 is 14.2 Å². The predicted octanol–water partition coefficient (Wildman–Crippen LogP) is 3.80. The lowest BCUT2D eigenvalue weighted by atomic mass is 10.2. The fourth-order valence-corrected chi connectivity index (χ4v) is 5.05. The average molecular weight is 466 g/mol. The molecule has 0 radical (unpaired) electrons. The molecule has 2 heterocycles. The van der Waals surface area contributed by atoms with Gasteiger partial charge in [0, 0.05) is 44.8 Å². The van der Waals surface area contributed by atoms with Crippen molar-refractivity contribution in [1.29, 1.82) is 0 Å². The number of thioether (sulfide) groups is 1. The Balaban J connectivity index is 1.35. The zero-order valence-corrected chi connectivity index (χ0v) is 20.3. The number of methoxy groups -OCH3 is 1. The molecule has 174 valence electrons. The molecule has 0 spiro atoms. The van der Waals surface area contributed by atoms with E-state index in [9.17, 15) is 4.79 Å². The lowest BCUT2D eigenvalue weighted by molar-refractivity contribution is -0.132. The Morgan fingerprint density at radius 2 is 1.73 bits per heavy atom. The number of rotatable bonds is 8. The number of carbonyl (C=O) groups is 1. The Bertz CT molecular complexity index is 1050. The number of ether oxygens (including phenoxy) is 1. The average Bonchev–Trinajstić information content (AvgIpc) is 3.27. The molecule has 1 amide bonds. The first-order valence-corrected chi connectivity index (χ1v) is 12.3. The van der Waals surface area contributed by atoms with E-state index in [1.807, 2.05) is 42.2 Å². The maximum Gasteiger partial charge on any atom is 0.235 e. The molecule has 1 aliphatic rings. The summed E-state index contributed by atoms with van der Waals surface area (Å²) in [6.45, 7) is 9.00. The summed E-state index contributed by atoms with van der Waals surface area (Å²) in [5.74, 6) is 1.77. The lowest BCUT2D eigenvalue weighted by Crippen LogP contribution is -2.50. The number of nitrogens with zero attached hydrogens (tertiary/aromatic N) is 5. The van der Waals surface area contributed by atoms with Crippen molar-refractivity contribution < 1.29 is 9.53 Å². The minimum absolute atomic E-state index is 0.163. The number of aromatic nitrogens is 3. The van der Waals surface area contributed by atoms with E-state index in [1.54, 1.807) is 7.11 Å². The second-order valence-electron chi connectivity index (χ2n) is 8.13. The third kappa shape index (κ3) is 5.57. The van der Waals surface area contributed by atoms with Crippen LogP contribution in [0.3, 0.4) is 0 Å². The first kappa shape index (κ1) is 23.3. The van der Waals surface area contributed by atoms with Gasteiger partial charge in [0.2, 0.25) is 5.91 Å². The van der Waals surface area contributed by atoms with Crippen molar-refractivity contribution in [3.05, 3.63) is 60.2 Å². The van der Waals surface area contributed by atoms with Crippen molar-refractivity contribution >= 4 is 17.7 Å². The highest BCUT2D eigenvalue weighted by Gasteiger charge is 2.27. The van der Waals surface area contributed by atoms with Gasteiger partial charge in [0.1, 0.15) is 5.75 Å². The van der Waals surface area contributed by atoms with E-state index >= 15 is 0 Å². The van der Waals surface area contributed by atoms with E-state index < -0.39 is 0 Å². The summed E-state index contributed by atoms with van der Waals surface area (Å²) in [4.78, 5) is 17.5. The van der Waals surface area contributed by atoms with Crippen LogP contribution in [0, 0.1) is 0 Å². The molecule has 0 unspecified atom stereocenters. The Morgan fingerprint density at radius 1 is 1.03 bits per heavy atom. The van der Waals surface area contributed by atoms with Crippen LogP contribution >= 0.6 is 11.8 Å².